The summed E-state index contributed by atoms with van der Waals surface area (Å²) in [6.45, 7) is 4.06. The maximum Gasteiger partial charge on any atom is 0.221 e. The van der Waals surface area contributed by atoms with Crippen molar-refractivity contribution in [2.75, 3.05) is 11.9 Å². The van der Waals surface area contributed by atoms with E-state index in [0.29, 0.717) is 29.2 Å². The molecular formula is C22H26NO4-. The van der Waals surface area contributed by atoms with Crippen LogP contribution >= 0.6 is 0 Å². The van der Waals surface area contributed by atoms with Gasteiger partial charge in [-0.25, -0.2) is 0 Å². The molecule has 27 heavy (non-hydrogen) atoms. The van der Waals surface area contributed by atoms with Crippen LogP contribution < -0.4 is 15.2 Å². The van der Waals surface area contributed by atoms with Crippen LogP contribution in [0.25, 0.3) is 11.1 Å². The number of ether oxygens (including phenoxy) is 1. The lowest BCUT2D eigenvalue weighted by molar-refractivity contribution is -0.254. The Morgan fingerprint density at radius 1 is 1.00 bits per heavy atom. The number of aromatic carboxylic acids is 1. The molecule has 2 aromatic rings. The largest absolute Gasteiger partial charge is 0.545 e. The van der Waals surface area contributed by atoms with Gasteiger partial charge in [-0.3, -0.25) is 4.79 Å². The molecule has 0 aliphatic heterocycles. The van der Waals surface area contributed by atoms with Crippen LogP contribution in [0.2, 0.25) is 0 Å². The van der Waals surface area contributed by atoms with E-state index in [9.17, 15) is 14.7 Å². The first-order chi connectivity index (χ1) is 13.0. The minimum atomic E-state index is -1.30. The molecule has 0 spiro atoms. The summed E-state index contributed by atoms with van der Waals surface area (Å²) in [7, 11) is 0. The minimum absolute atomic E-state index is 0.0141. The van der Waals surface area contributed by atoms with Gasteiger partial charge in [-0.05, 0) is 24.1 Å². The molecular weight excluding hydrogens is 342 g/mol. The number of hydrogen-bond acceptors (Lipinski definition) is 4. The lowest BCUT2D eigenvalue weighted by Crippen LogP contribution is -2.24. The lowest BCUT2D eigenvalue weighted by atomic mass is 9.96. The number of unbranched alkanes of at least 4 members (excludes halogenated alkanes) is 4. The maximum atomic E-state index is 11.7. The van der Waals surface area contributed by atoms with E-state index in [1.54, 1.807) is 18.2 Å². The molecule has 5 heteroatoms. The number of carboxylic acids is 1. The summed E-state index contributed by atoms with van der Waals surface area (Å²) in [6, 6.07) is 12.1. The average Bonchev–Trinajstić information content (AvgIpc) is 2.65. The minimum Gasteiger partial charge on any atom is -0.545 e. The van der Waals surface area contributed by atoms with Crippen molar-refractivity contribution in [2.24, 2.45) is 0 Å². The molecule has 144 valence electrons. The van der Waals surface area contributed by atoms with E-state index in [0.717, 1.165) is 19.3 Å². The normalized spacial score (nSPS) is 10.4. The summed E-state index contributed by atoms with van der Waals surface area (Å²) >= 11 is 0. The molecule has 0 heterocycles. The fourth-order valence-electron chi connectivity index (χ4n) is 2.97. The van der Waals surface area contributed by atoms with Gasteiger partial charge in [-0.1, -0.05) is 62.9 Å². The van der Waals surface area contributed by atoms with Crippen molar-refractivity contribution in [1.82, 2.24) is 0 Å². The van der Waals surface area contributed by atoms with Gasteiger partial charge in [0.1, 0.15) is 5.75 Å². The quantitative estimate of drug-likeness (QED) is 0.642. The van der Waals surface area contributed by atoms with Crippen molar-refractivity contribution in [1.29, 1.82) is 0 Å². The van der Waals surface area contributed by atoms with Crippen LogP contribution in [0.4, 0.5) is 5.69 Å². The fourth-order valence-corrected chi connectivity index (χ4v) is 2.97. The van der Waals surface area contributed by atoms with E-state index in [2.05, 4.69) is 12.2 Å². The monoisotopic (exact) mass is 368 g/mol. The molecule has 5 nitrogen and oxygen atoms in total. The Morgan fingerprint density at radius 3 is 2.33 bits per heavy atom. The molecule has 0 bridgehead atoms. The average molecular weight is 368 g/mol. The highest BCUT2D eigenvalue weighted by Crippen LogP contribution is 2.39. The number of carboxylic acid groups (broad SMARTS) is 1. The van der Waals surface area contributed by atoms with E-state index in [1.807, 2.05) is 18.2 Å². The van der Waals surface area contributed by atoms with E-state index in [4.69, 9.17) is 4.74 Å². The van der Waals surface area contributed by atoms with Crippen LogP contribution in [-0.4, -0.2) is 18.5 Å². The summed E-state index contributed by atoms with van der Waals surface area (Å²) in [5.41, 5.74) is 1.45. The Morgan fingerprint density at radius 2 is 1.70 bits per heavy atom. The van der Waals surface area contributed by atoms with Gasteiger partial charge in [0.15, 0.2) is 0 Å². The Hall–Kier alpha value is -2.82. The first kappa shape index (κ1) is 20.5. The number of nitrogens with one attached hydrogen (secondary N) is 1. The van der Waals surface area contributed by atoms with Crippen LogP contribution in [0.3, 0.4) is 0 Å². The predicted octanol–water partition coefficient (Wildman–Crippen LogP) is 4.02. The summed E-state index contributed by atoms with van der Waals surface area (Å²) in [6.07, 6.45) is 5.53. The summed E-state index contributed by atoms with van der Waals surface area (Å²) in [5.74, 6) is -1.13. The van der Waals surface area contributed by atoms with Gasteiger partial charge in [0.25, 0.3) is 0 Å². The standard InChI is InChI=1S/C22H27NO4/c1-3-4-5-6-10-15-27-19-14-13-18(22(25)26)20(21(19)23-16(2)24)17-11-8-7-9-12-17/h7-9,11-14H,3-6,10,15H2,1-2H3,(H,23,24)(H,25,26)/p-1. The second-order valence-corrected chi connectivity index (χ2v) is 6.46. The second-order valence-electron chi connectivity index (χ2n) is 6.46. The molecule has 2 aromatic carbocycles. The van der Waals surface area contributed by atoms with E-state index < -0.39 is 5.97 Å². The Balaban J connectivity index is 2.36. The molecule has 0 fully saturated rings. The van der Waals surface area contributed by atoms with Gasteiger partial charge in [0, 0.05) is 18.1 Å². The number of rotatable bonds is 10. The van der Waals surface area contributed by atoms with E-state index >= 15 is 0 Å². The zero-order chi connectivity index (χ0) is 19.6. The van der Waals surface area contributed by atoms with Gasteiger partial charge in [0.05, 0.1) is 18.3 Å². The number of carbonyl (C=O) groups excluding carboxylic acids is 2. The van der Waals surface area contributed by atoms with Crippen molar-refractivity contribution in [3.63, 3.8) is 0 Å². The SMILES string of the molecule is CCCCCCCOc1ccc(C(=O)[O-])c(-c2ccccc2)c1NC(C)=O. The molecule has 1 N–H and O–H groups in total. The van der Waals surface area contributed by atoms with Gasteiger partial charge < -0.3 is 20.0 Å². The lowest BCUT2D eigenvalue weighted by Gasteiger charge is -2.20. The Labute approximate surface area is 160 Å². The van der Waals surface area contributed by atoms with Crippen molar-refractivity contribution in [2.45, 2.75) is 46.0 Å². The van der Waals surface area contributed by atoms with Crippen LogP contribution in [0.15, 0.2) is 42.5 Å². The zero-order valence-corrected chi connectivity index (χ0v) is 15.9. The number of hydrogen-bond donors (Lipinski definition) is 1. The van der Waals surface area contributed by atoms with Gasteiger partial charge in [-0.2, -0.15) is 0 Å². The Bertz CT molecular complexity index is 771. The smallest absolute Gasteiger partial charge is 0.221 e. The van der Waals surface area contributed by atoms with Crippen molar-refractivity contribution >= 4 is 17.6 Å². The van der Waals surface area contributed by atoms with E-state index in [-0.39, 0.29) is 11.5 Å². The van der Waals surface area contributed by atoms with Crippen molar-refractivity contribution in [3.8, 4) is 16.9 Å². The molecule has 0 aromatic heterocycles. The highest BCUT2D eigenvalue weighted by molar-refractivity contribution is 6.04. The van der Waals surface area contributed by atoms with Crippen LogP contribution in [0.1, 0.15) is 56.3 Å². The zero-order valence-electron chi connectivity index (χ0n) is 15.9. The van der Waals surface area contributed by atoms with Crippen molar-refractivity contribution in [3.05, 3.63) is 48.0 Å². The molecule has 0 unspecified atom stereocenters. The number of anilines is 1. The molecule has 0 radical (unpaired) electrons. The maximum absolute atomic E-state index is 11.7. The molecule has 0 aliphatic rings. The molecule has 0 saturated heterocycles. The van der Waals surface area contributed by atoms with Crippen LogP contribution in [-0.2, 0) is 4.79 Å². The van der Waals surface area contributed by atoms with E-state index in [1.165, 1.54) is 25.8 Å². The topological polar surface area (TPSA) is 78.5 Å². The van der Waals surface area contributed by atoms with Crippen LogP contribution in [0.5, 0.6) is 5.75 Å². The fraction of sp³-hybridized carbons (Fsp3) is 0.364. The highest BCUT2D eigenvalue weighted by Gasteiger charge is 2.18. The molecule has 2 rings (SSSR count). The Kier molecular flexibility index (Phi) is 7.86. The number of amides is 1. The third-order valence-electron chi connectivity index (χ3n) is 4.26. The second kappa shape index (κ2) is 10.4. The van der Waals surface area contributed by atoms with Gasteiger partial charge in [-0.15, -0.1) is 0 Å². The first-order valence-electron chi connectivity index (χ1n) is 9.38. The molecule has 0 atom stereocenters. The molecule has 0 saturated carbocycles. The van der Waals surface area contributed by atoms with Gasteiger partial charge in [0.2, 0.25) is 5.91 Å². The van der Waals surface area contributed by atoms with Crippen LogP contribution in [0, 0.1) is 0 Å². The molecule has 0 aliphatic carbocycles. The first-order valence-corrected chi connectivity index (χ1v) is 9.38. The highest BCUT2D eigenvalue weighted by atomic mass is 16.5. The summed E-state index contributed by atoms with van der Waals surface area (Å²) in [4.78, 5) is 23.4. The van der Waals surface area contributed by atoms with Gasteiger partial charge >= 0.3 is 0 Å². The molecule has 1 amide bonds. The third-order valence-corrected chi connectivity index (χ3v) is 4.26. The van der Waals surface area contributed by atoms with Crippen molar-refractivity contribution < 1.29 is 19.4 Å². The number of carbonyl (C=O) groups is 2. The third kappa shape index (κ3) is 5.84. The number of benzene rings is 2. The summed E-state index contributed by atoms with van der Waals surface area (Å²) < 4.78 is 5.89. The summed E-state index contributed by atoms with van der Waals surface area (Å²) in [5, 5.41) is 14.4. The predicted molar refractivity (Wildman–Crippen MR) is 105 cm³/mol.